The second-order valence-electron chi connectivity index (χ2n) is 8.95. The summed E-state index contributed by atoms with van der Waals surface area (Å²) in [6.07, 6.45) is 0. The molecule has 5 rings (SSSR count). The molecule has 0 aliphatic carbocycles. The van der Waals surface area contributed by atoms with Crippen molar-refractivity contribution in [3.63, 3.8) is 0 Å². The molecule has 4 nitrogen and oxygen atoms in total. The van der Waals surface area contributed by atoms with E-state index in [1.165, 1.54) is 31.8 Å². The first kappa shape index (κ1) is 27.7. The van der Waals surface area contributed by atoms with Gasteiger partial charge in [0.2, 0.25) is 0 Å². The summed E-state index contributed by atoms with van der Waals surface area (Å²) < 4.78 is 21.9. The van der Waals surface area contributed by atoms with Crippen molar-refractivity contribution in [3.05, 3.63) is 121 Å². The predicted octanol–water partition coefficient (Wildman–Crippen LogP) is 5.24. The molecule has 0 unspecified atom stereocenters. The molecule has 6 heteroatoms. The van der Waals surface area contributed by atoms with Gasteiger partial charge in [-0.05, 0) is 96.2 Å². The molecule has 0 amide bonds. The minimum Gasteiger partial charge on any atom is -0.497 e. The summed E-state index contributed by atoms with van der Waals surface area (Å²) in [5.41, 5.74) is 0. The van der Waals surface area contributed by atoms with Gasteiger partial charge in [-0.25, -0.2) is 0 Å². The number of rotatable bonds is 10. The highest BCUT2D eigenvalue weighted by Gasteiger charge is 2.26. The Kier molecular flexibility index (Phi) is 9.01. The van der Waals surface area contributed by atoms with Crippen LogP contribution in [-0.2, 0) is 0 Å². The first-order chi connectivity index (χ1) is 19.6. The van der Waals surface area contributed by atoms with Crippen molar-refractivity contribution < 1.29 is 18.9 Å². The predicted molar refractivity (Wildman–Crippen MR) is 170 cm³/mol. The minimum absolute atomic E-state index is 0.848. The van der Waals surface area contributed by atoms with Crippen LogP contribution >= 0.6 is 15.8 Å². The van der Waals surface area contributed by atoms with Gasteiger partial charge in [-0.1, -0.05) is 72.8 Å². The molecule has 0 radical (unpaired) electrons. The summed E-state index contributed by atoms with van der Waals surface area (Å²) in [5.74, 6) is 3.39. The molecule has 0 aliphatic rings. The second-order valence-corrected chi connectivity index (χ2v) is 13.3. The number of methoxy groups -OCH3 is 4. The van der Waals surface area contributed by atoms with Crippen LogP contribution in [0, 0.1) is 0 Å². The molecule has 202 valence electrons. The fraction of sp³-hybridized carbons (Fsp3) is 0.118. The van der Waals surface area contributed by atoms with Crippen LogP contribution in [0.15, 0.2) is 121 Å². The molecule has 0 bridgehead atoms. The molecule has 5 aromatic carbocycles. The summed E-state index contributed by atoms with van der Waals surface area (Å²) in [6, 6.07) is 42.8. The number of ether oxygens (including phenoxy) is 4. The molecule has 0 aromatic heterocycles. The Bertz CT molecular complexity index is 1300. The Hall–Kier alpha value is -3.84. The lowest BCUT2D eigenvalue weighted by Crippen LogP contribution is -2.34. The Balaban J connectivity index is 1.71. The van der Waals surface area contributed by atoms with Crippen molar-refractivity contribution in [3.8, 4) is 23.0 Å². The minimum atomic E-state index is -0.878. The highest BCUT2D eigenvalue weighted by atomic mass is 31.1. The maximum Gasteiger partial charge on any atom is 0.118 e. The van der Waals surface area contributed by atoms with Crippen molar-refractivity contribution in [1.82, 2.24) is 0 Å². The lowest BCUT2D eigenvalue weighted by atomic mass is 10.3. The Morgan fingerprint density at radius 3 is 0.750 bits per heavy atom. The van der Waals surface area contributed by atoms with Crippen LogP contribution in [0.3, 0.4) is 0 Å². The van der Waals surface area contributed by atoms with Gasteiger partial charge in [-0.15, -0.1) is 0 Å². The SMILES string of the molecule is COc1ccc(P(c2ccc(OC)cc2)c2ccccc2P(c2ccc(OC)cc2)c2ccc(OC)cc2)cc1. The van der Waals surface area contributed by atoms with Gasteiger partial charge in [0.15, 0.2) is 0 Å². The van der Waals surface area contributed by atoms with Crippen LogP contribution in [0.1, 0.15) is 0 Å². The normalized spacial score (nSPS) is 10.9. The van der Waals surface area contributed by atoms with E-state index in [9.17, 15) is 0 Å². The molecule has 0 heterocycles. The van der Waals surface area contributed by atoms with E-state index in [-0.39, 0.29) is 0 Å². The van der Waals surface area contributed by atoms with E-state index in [2.05, 4.69) is 72.8 Å². The standard InChI is InChI=1S/C34H32O4P2/c1-35-25-9-17-29(18-10-25)39(30-19-11-26(36-2)12-20-30)33-7-5-6-8-34(33)40(31-21-13-27(37-3)14-22-31)32-23-15-28(38-4)16-24-32/h5-24H,1-4H3. The summed E-state index contributed by atoms with van der Waals surface area (Å²) in [7, 11) is 5.05. The maximum absolute atomic E-state index is 5.48. The van der Waals surface area contributed by atoms with Gasteiger partial charge in [-0.2, -0.15) is 0 Å². The van der Waals surface area contributed by atoms with Gasteiger partial charge in [-0.3, -0.25) is 0 Å². The third-order valence-corrected chi connectivity index (χ3v) is 11.9. The Morgan fingerprint density at radius 2 is 0.550 bits per heavy atom. The first-order valence-electron chi connectivity index (χ1n) is 12.9. The van der Waals surface area contributed by atoms with Gasteiger partial charge >= 0.3 is 0 Å². The van der Waals surface area contributed by atoms with E-state index in [1.54, 1.807) is 28.4 Å². The maximum atomic E-state index is 5.48. The molecule has 0 saturated carbocycles. The summed E-state index contributed by atoms with van der Waals surface area (Å²) in [5, 5.41) is 7.68. The van der Waals surface area contributed by atoms with E-state index < -0.39 is 15.8 Å². The molecular weight excluding hydrogens is 534 g/mol. The summed E-state index contributed by atoms with van der Waals surface area (Å²) >= 11 is 0. The molecule has 0 saturated heterocycles. The van der Waals surface area contributed by atoms with Crippen molar-refractivity contribution >= 4 is 47.7 Å². The second kappa shape index (κ2) is 13.0. The summed E-state index contributed by atoms with van der Waals surface area (Å²) in [4.78, 5) is 0. The third-order valence-electron chi connectivity index (χ3n) is 6.69. The van der Waals surface area contributed by atoms with E-state index in [1.807, 2.05) is 48.5 Å². The zero-order valence-electron chi connectivity index (χ0n) is 23.1. The average Bonchev–Trinajstić information content (AvgIpc) is 3.03. The van der Waals surface area contributed by atoms with Gasteiger partial charge in [0.25, 0.3) is 0 Å². The zero-order chi connectivity index (χ0) is 27.9. The van der Waals surface area contributed by atoms with Gasteiger partial charge in [0, 0.05) is 0 Å². The van der Waals surface area contributed by atoms with Crippen molar-refractivity contribution in [2.24, 2.45) is 0 Å². The molecule has 5 aromatic rings. The van der Waals surface area contributed by atoms with E-state index >= 15 is 0 Å². The molecule has 0 atom stereocenters. The topological polar surface area (TPSA) is 36.9 Å². The van der Waals surface area contributed by atoms with E-state index in [4.69, 9.17) is 18.9 Å². The number of benzene rings is 5. The van der Waals surface area contributed by atoms with E-state index in [0.717, 1.165) is 23.0 Å². The summed E-state index contributed by atoms with van der Waals surface area (Å²) in [6.45, 7) is 0. The quantitative estimate of drug-likeness (QED) is 0.217. The van der Waals surface area contributed by atoms with Crippen LogP contribution < -0.4 is 50.8 Å². The van der Waals surface area contributed by atoms with Gasteiger partial charge < -0.3 is 18.9 Å². The number of hydrogen-bond donors (Lipinski definition) is 0. The fourth-order valence-corrected chi connectivity index (χ4v) is 9.80. The van der Waals surface area contributed by atoms with Crippen LogP contribution in [0.4, 0.5) is 0 Å². The fourth-order valence-electron chi connectivity index (χ4n) is 4.62. The smallest absolute Gasteiger partial charge is 0.118 e. The molecular formula is C34H32O4P2. The van der Waals surface area contributed by atoms with Crippen LogP contribution in [-0.4, -0.2) is 28.4 Å². The molecule has 0 N–H and O–H groups in total. The monoisotopic (exact) mass is 566 g/mol. The van der Waals surface area contributed by atoms with Gasteiger partial charge in [0.1, 0.15) is 23.0 Å². The van der Waals surface area contributed by atoms with Crippen LogP contribution in [0.25, 0.3) is 0 Å². The Morgan fingerprint density at radius 1 is 0.325 bits per heavy atom. The molecule has 0 aliphatic heterocycles. The first-order valence-corrected chi connectivity index (χ1v) is 15.6. The highest BCUT2D eigenvalue weighted by molar-refractivity contribution is 7.85. The third kappa shape index (κ3) is 5.99. The van der Waals surface area contributed by atoms with Crippen LogP contribution in [0.5, 0.6) is 23.0 Å². The molecule has 40 heavy (non-hydrogen) atoms. The number of hydrogen-bond acceptors (Lipinski definition) is 4. The largest absolute Gasteiger partial charge is 0.497 e. The molecule has 0 fully saturated rings. The van der Waals surface area contributed by atoms with Gasteiger partial charge in [0.05, 0.1) is 28.4 Å². The molecule has 0 spiro atoms. The van der Waals surface area contributed by atoms with Crippen LogP contribution in [0.2, 0.25) is 0 Å². The van der Waals surface area contributed by atoms with Crippen molar-refractivity contribution in [2.75, 3.05) is 28.4 Å². The lowest BCUT2D eigenvalue weighted by molar-refractivity contribution is 0.415. The Labute approximate surface area is 239 Å². The highest BCUT2D eigenvalue weighted by Crippen LogP contribution is 2.40. The lowest BCUT2D eigenvalue weighted by Gasteiger charge is -2.27. The van der Waals surface area contributed by atoms with E-state index in [0.29, 0.717) is 0 Å². The average molecular weight is 567 g/mol. The zero-order valence-corrected chi connectivity index (χ0v) is 24.9. The van der Waals surface area contributed by atoms with Crippen molar-refractivity contribution in [2.45, 2.75) is 0 Å². The van der Waals surface area contributed by atoms with Crippen molar-refractivity contribution in [1.29, 1.82) is 0 Å².